The van der Waals surface area contributed by atoms with Crippen molar-refractivity contribution in [3.05, 3.63) is 35.6 Å². The second kappa shape index (κ2) is 7.59. The molecule has 1 aromatic carbocycles. The fourth-order valence-corrected chi connectivity index (χ4v) is 1.84. The van der Waals surface area contributed by atoms with Gasteiger partial charge < -0.3 is 14.4 Å². The van der Waals surface area contributed by atoms with Gasteiger partial charge in [0.15, 0.2) is 6.40 Å². The Kier molecular flexibility index (Phi) is 5.49. The van der Waals surface area contributed by atoms with Gasteiger partial charge in [-0.25, -0.2) is 4.39 Å². The number of rotatable bonds is 2. The minimum atomic E-state index is -0.224. The number of benzene rings is 1. The maximum Gasteiger partial charge on any atom is 0.209 e. The van der Waals surface area contributed by atoms with Crippen LogP contribution in [0.4, 0.5) is 4.39 Å². The van der Waals surface area contributed by atoms with E-state index in [1.807, 2.05) is 0 Å². The fraction of sp³-hybridized carbons (Fsp3) is 0.429. The van der Waals surface area contributed by atoms with Crippen LogP contribution in [0.15, 0.2) is 29.3 Å². The normalized spacial score (nSPS) is 20.9. The monoisotopic (exact) mass is 280 g/mol. The van der Waals surface area contributed by atoms with E-state index in [1.165, 1.54) is 18.5 Å². The van der Waals surface area contributed by atoms with Crippen molar-refractivity contribution < 1.29 is 18.7 Å². The van der Waals surface area contributed by atoms with Crippen LogP contribution in [0.3, 0.4) is 0 Å². The molecule has 1 saturated heterocycles. The first-order chi connectivity index (χ1) is 9.79. The van der Waals surface area contributed by atoms with E-state index >= 15 is 0 Å². The SMILES string of the molecule is Fc1ccc(C2CN=CO2)cc1.O=CN1CCOCC1. The largest absolute Gasteiger partial charge is 0.474 e. The lowest BCUT2D eigenvalue weighted by Crippen LogP contribution is -2.34. The molecule has 1 fully saturated rings. The van der Waals surface area contributed by atoms with E-state index in [9.17, 15) is 9.18 Å². The van der Waals surface area contributed by atoms with Crippen LogP contribution in [-0.2, 0) is 14.3 Å². The number of hydrogen-bond donors (Lipinski definition) is 0. The molecule has 2 heterocycles. The molecule has 0 spiro atoms. The topological polar surface area (TPSA) is 51.1 Å². The Balaban J connectivity index is 0.000000160. The highest BCUT2D eigenvalue weighted by Gasteiger charge is 2.14. The first kappa shape index (κ1) is 14.5. The van der Waals surface area contributed by atoms with E-state index in [0.29, 0.717) is 19.8 Å². The molecule has 0 radical (unpaired) electrons. The molecule has 0 aromatic heterocycles. The first-order valence-electron chi connectivity index (χ1n) is 6.46. The minimum absolute atomic E-state index is 0.0226. The van der Waals surface area contributed by atoms with Gasteiger partial charge in [0.05, 0.1) is 19.8 Å². The lowest BCUT2D eigenvalue weighted by atomic mass is 10.1. The van der Waals surface area contributed by atoms with Gasteiger partial charge in [0.1, 0.15) is 11.9 Å². The summed E-state index contributed by atoms with van der Waals surface area (Å²) in [6.07, 6.45) is 2.28. The molecule has 1 unspecified atom stereocenters. The summed E-state index contributed by atoms with van der Waals surface area (Å²) < 4.78 is 22.7. The lowest BCUT2D eigenvalue weighted by Gasteiger charge is -2.21. The number of aliphatic imine (C=N–C) groups is 1. The molecule has 0 N–H and O–H groups in total. The fourth-order valence-electron chi connectivity index (χ4n) is 1.84. The summed E-state index contributed by atoms with van der Waals surface area (Å²) >= 11 is 0. The molecule has 1 aromatic rings. The molecule has 5 nitrogen and oxygen atoms in total. The molecule has 0 bridgehead atoms. The van der Waals surface area contributed by atoms with Crippen molar-refractivity contribution in [2.45, 2.75) is 6.10 Å². The van der Waals surface area contributed by atoms with Crippen LogP contribution in [0.25, 0.3) is 0 Å². The van der Waals surface area contributed by atoms with E-state index in [-0.39, 0.29) is 11.9 Å². The average molecular weight is 280 g/mol. The standard InChI is InChI=1S/C9H8FNO.C5H9NO2/c10-8-3-1-7(2-4-8)9-5-11-6-12-9;7-5-6-1-3-8-4-2-6/h1-4,6,9H,5H2;5H,1-4H2. The zero-order valence-corrected chi connectivity index (χ0v) is 11.1. The minimum Gasteiger partial charge on any atom is -0.474 e. The number of morpholine rings is 1. The Morgan fingerprint density at radius 3 is 2.45 bits per heavy atom. The van der Waals surface area contributed by atoms with Gasteiger partial charge in [0.2, 0.25) is 6.41 Å². The molecule has 20 heavy (non-hydrogen) atoms. The Morgan fingerprint density at radius 1 is 1.25 bits per heavy atom. The second-order valence-electron chi connectivity index (χ2n) is 4.40. The maximum atomic E-state index is 12.5. The van der Waals surface area contributed by atoms with Crippen LogP contribution in [0.1, 0.15) is 11.7 Å². The molecule has 108 valence electrons. The van der Waals surface area contributed by atoms with Gasteiger partial charge in [-0.05, 0) is 17.7 Å². The zero-order chi connectivity index (χ0) is 14.2. The third-order valence-corrected chi connectivity index (χ3v) is 3.01. The number of halogens is 1. The highest BCUT2D eigenvalue weighted by molar-refractivity contribution is 5.50. The number of nitrogens with zero attached hydrogens (tertiary/aromatic N) is 2. The van der Waals surface area contributed by atoms with E-state index in [4.69, 9.17) is 9.47 Å². The predicted molar refractivity (Wildman–Crippen MR) is 72.0 cm³/mol. The van der Waals surface area contributed by atoms with Gasteiger partial charge in [-0.1, -0.05) is 12.1 Å². The molecule has 0 saturated carbocycles. The van der Waals surface area contributed by atoms with Crippen LogP contribution < -0.4 is 0 Å². The molecule has 6 heteroatoms. The van der Waals surface area contributed by atoms with E-state index in [2.05, 4.69) is 4.99 Å². The third-order valence-electron chi connectivity index (χ3n) is 3.01. The highest BCUT2D eigenvalue weighted by Crippen LogP contribution is 2.20. The van der Waals surface area contributed by atoms with Crippen LogP contribution >= 0.6 is 0 Å². The van der Waals surface area contributed by atoms with Crippen molar-refractivity contribution in [2.24, 2.45) is 4.99 Å². The van der Waals surface area contributed by atoms with Crippen molar-refractivity contribution in [3.8, 4) is 0 Å². The first-order valence-corrected chi connectivity index (χ1v) is 6.46. The van der Waals surface area contributed by atoms with E-state index < -0.39 is 0 Å². The Bertz CT molecular complexity index is 436. The third kappa shape index (κ3) is 4.31. The van der Waals surface area contributed by atoms with E-state index in [1.54, 1.807) is 17.0 Å². The summed E-state index contributed by atoms with van der Waals surface area (Å²) in [4.78, 5) is 15.7. The summed E-state index contributed by atoms with van der Waals surface area (Å²) in [6.45, 7) is 3.52. The summed E-state index contributed by atoms with van der Waals surface area (Å²) in [5, 5.41) is 0. The van der Waals surface area contributed by atoms with Crippen LogP contribution in [0.5, 0.6) is 0 Å². The van der Waals surface area contributed by atoms with Crippen molar-refractivity contribution in [3.63, 3.8) is 0 Å². The van der Waals surface area contributed by atoms with Gasteiger partial charge in [-0.3, -0.25) is 9.79 Å². The molecular weight excluding hydrogens is 263 g/mol. The Labute approximate surface area is 117 Å². The van der Waals surface area contributed by atoms with Crippen molar-refractivity contribution in [2.75, 3.05) is 32.8 Å². The Hall–Kier alpha value is -1.95. The molecule has 1 amide bonds. The van der Waals surface area contributed by atoms with Crippen molar-refractivity contribution in [1.29, 1.82) is 0 Å². The Morgan fingerprint density at radius 2 is 1.95 bits per heavy atom. The highest BCUT2D eigenvalue weighted by atomic mass is 19.1. The number of carbonyl (C=O) groups excluding carboxylic acids is 1. The summed E-state index contributed by atoms with van der Waals surface area (Å²) in [5.41, 5.74) is 0.967. The zero-order valence-electron chi connectivity index (χ0n) is 11.1. The number of ether oxygens (including phenoxy) is 2. The molecule has 1 atom stereocenters. The molecule has 2 aliphatic rings. The average Bonchev–Trinajstić information content (AvgIpc) is 3.04. The van der Waals surface area contributed by atoms with Crippen molar-refractivity contribution >= 4 is 12.8 Å². The number of hydrogen-bond acceptors (Lipinski definition) is 4. The maximum absolute atomic E-state index is 12.5. The van der Waals surface area contributed by atoms with Crippen LogP contribution in [-0.4, -0.2) is 50.6 Å². The van der Waals surface area contributed by atoms with Gasteiger partial charge >= 0.3 is 0 Å². The van der Waals surface area contributed by atoms with Gasteiger partial charge in [-0.15, -0.1) is 0 Å². The summed E-state index contributed by atoms with van der Waals surface area (Å²) in [5.74, 6) is -0.224. The number of carbonyl (C=O) groups is 1. The smallest absolute Gasteiger partial charge is 0.209 e. The van der Waals surface area contributed by atoms with Gasteiger partial charge in [-0.2, -0.15) is 0 Å². The summed E-state index contributed by atoms with van der Waals surface area (Å²) in [6, 6.07) is 6.29. The van der Waals surface area contributed by atoms with Crippen LogP contribution in [0.2, 0.25) is 0 Å². The lowest BCUT2D eigenvalue weighted by molar-refractivity contribution is -0.121. The second-order valence-corrected chi connectivity index (χ2v) is 4.40. The van der Waals surface area contributed by atoms with Crippen molar-refractivity contribution in [1.82, 2.24) is 4.90 Å². The molecule has 0 aliphatic carbocycles. The molecule has 2 aliphatic heterocycles. The molecular formula is C14H17FN2O3. The van der Waals surface area contributed by atoms with Crippen LogP contribution in [0, 0.1) is 5.82 Å². The quantitative estimate of drug-likeness (QED) is 0.769. The predicted octanol–water partition coefficient (Wildman–Crippen LogP) is 1.40. The number of amides is 1. The van der Waals surface area contributed by atoms with Gasteiger partial charge in [0.25, 0.3) is 0 Å². The van der Waals surface area contributed by atoms with E-state index in [0.717, 1.165) is 25.1 Å². The summed E-state index contributed by atoms with van der Waals surface area (Å²) in [7, 11) is 0. The van der Waals surface area contributed by atoms with Gasteiger partial charge in [0, 0.05) is 13.1 Å². The molecule has 3 rings (SSSR count).